The van der Waals surface area contributed by atoms with Crippen LogP contribution in [0.4, 0.5) is 5.69 Å². The lowest BCUT2D eigenvalue weighted by atomic mass is 10.1. The minimum absolute atomic E-state index is 0.787. The third kappa shape index (κ3) is 8.23. The number of nitrogens with one attached hydrogen (secondary N) is 2. The topological polar surface area (TPSA) is 53.1 Å². The molecule has 0 saturated heterocycles. The van der Waals surface area contributed by atoms with E-state index < -0.39 is 0 Å². The summed E-state index contributed by atoms with van der Waals surface area (Å²) in [6.45, 7) is 5.86. The smallest absolute Gasteiger partial charge is 0.0541 e. The Morgan fingerprint density at radius 3 is 2.38 bits per heavy atom. The highest BCUT2D eigenvalue weighted by molar-refractivity contribution is 5.47. The van der Waals surface area contributed by atoms with Crippen LogP contribution in [-0.4, -0.2) is 36.1 Å². The van der Waals surface area contributed by atoms with Gasteiger partial charge in [0, 0.05) is 56.0 Å². The number of benzene rings is 1. The van der Waals surface area contributed by atoms with Gasteiger partial charge in [0.1, 0.15) is 0 Å². The van der Waals surface area contributed by atoms with Gasteiger partial charge in [-0.25, -0.2) is 0 Å². The van der Waals surface area contributed by atoms with Gasteiger partial charge in [0.2, 0.25) is 0 Å². The molecular formula is C29H39N5. The van der Waals surface area contributed by atoms with Gasteiger partial charge in [-0.05, 0) is 80.6 Å². The Bertz CT molecular complexity index is 958. The van der Waals surface area contributed by atoms with Crippen LogP contribution in [-0.2, 0) is 25.9 Å². The molecule has 1 aliphatic heterocycles. The fourth-order valence-electron chi connectivity index (χ4n) is 4.54. The number of pyridine rings is 2. The molecule has 2 bridgehead atoms. The first-order valence-electron chi connectivity index (χ1n) is 13.0. The van der Waals surface area contributed by atoms with E-state index in [1.807, 2.05) is 18.3 Å². The maximum atomic E-state index is 4.92. The molecule has 34 heavy (non-hydrogen) atoms. The van der Waals surface area contributed by atoms with E-state index in [4.69, 9.17) is 4.98 Å². The van der Waals surface area contributed by atoms with Crippen LogP contribution in [0.3, 0.4) is 0 Å². The molecule has 0 spiro atoms. The Morgan fingerprint density at radius 2 is 1.56 bits per heavy atom. The zero-order chi connectivity index (χ0) is 23.3. The SMILES string of the molecule is c1ccc(CNCc2ccc(N3CCCc4cccc(n4)CCCCCCNCC3)cc2)nc1. The van der Waals surface area contributed by atoms with Crippen molar-refractivity contribution in [1.29, 1.82) is 0 Å². The molecule has 2 aromatic heterocycles. The number of hydrogen-bond donors (Lipinski definition) is 2. The number of aromatic nitrogens is 2. The number of aryl methyl sites for hydroxylation is 2. The summed E-state index contributed by atoms with van der Waals surface area (Å²) < 4.78 is 0. The monoisotopic (exact) mass is 457 g/mol. The second kappa shape index (κ2) is 13.8. The molecule has 2 N–H and O–H groups in total. The molecule has 4 rings (SSSR count). The quantitative estimate of drug-likeness (QED) is 0.570. The van der Waals surface area contributed by atoms with Gasteiger partial charge in [-0.2, -0.15) is 0 Å². The average molecular weight is 458 g/mol. The fourth-order valence-corrected chi connectivity index (χ4v) is 4.54. The van der Waals surface area contributed by atoms with Gasteiger partial charge >= 0.3 is 0 Å². The lowest BCUT2D eigenvalue weighted by molar-refractivity contribution is 0.576. The molecule has 0 saturated carbocycles. The summed E-state index contributed by atoms with van der Waals surface area (Å²) >= 11 is 0. The summed E-state index contributed by atoms with van der Waals surface area (Å²) in [7, 11) is 0. The fraction of sp³-hybridized carbons (Fsp3) is 0.448. The Balaban J connectivity index is 1.33. The Morgan fingerprint density at radius 1 is 0.735 bits per heavy atom. The van der Waals surface area contributed by atoms with Gasteiger partial charge in [-0.15, -0.1) is 0 Å². The van der Waals surface area contributed by atoms with E-state index >= 15 is 0 Å². The van der Waals surface area contributed by atoms with Crippen molar-refractivity contribution in [2.75, 3.05) is 31.1 Å². The second-order valence-electron chi connectivity index (χ2n) is 9.22. The second-order valence-corrected chi connectivity index (χ2v) is 9.22. The van der Waals surface area contributed by atoms with Crippen molar-refractivity contribution in [3.8, 4) is 0 Å². The standard InChI is InChI=1S/C29H39N5/c1-2-5-18-30-20-22-34(21-8-13-27-12-7-11-26(33-27)9-3-1)29-16-14-25(15-17-29)23-31-24-28-10-4-6-19-32-28/h4,6-7,10-12,14-17,19,30-31H,1-3,5,8-9,13,18,20-24H2. The molecule has 3 aromatic rings. The molecule has 0 fully saturated rings. The van der Waals surface area contributed by atoms with Crippen molar-refractivity contribution in [3.05, 3.63) is 89.5 Å². The van der Waals surface area contributed by atoms with Gasteiger partial charge in [0.25, 0.3) is 0 Å². The van der Waals surface area contributed by atoms with E-state index in [1.54, 1.807) is 0 Å². The number of nitrogens with zero attached hydrogens (tertiary/aromatic N) is 3. The largest absolute Gasteiger partial charge is 0.370 e. The van der Waals surface area contributed by atoms with Crippen molar-refractivity contribution in [2.24, 2.45) is 0 Å². The normalized spacial score (nSPS) is 16.3. The lowest BCUT2D eigenvalue weighted by Crippen LogP contribution is -2.33. The van der Waals surface area contributed by atoms with Crippen LogP contribution in [0, 0.1) is 0 Å². The lowest BCUT2D eigenvalue weighted by Gasteiger charge is -2.25. The summed E-state index contributed by atoms with van der Waals surface area (Å²) in [4.78, 5) is 11.8. The zero-order valence-electron chi connectivity index (χ0n) is 20.4. The number of hydrogen-bond acceptors (Lipinski definition) is 5. The Kier molecular flexibility index (Phi) is 9.91. The molecule has 0 aliphatic carbocycles. The van der Waals surface area contributed by atoms with Gasteiger partial charge in [0.15, 0.2) is 0 Å². The Labute approximate surface area is 205 Å². The summed E-state index contributed by atoms with van der Waals surface area (Å²) in [5, 5.41) is 7.15. The van der Waals surface area contributed by atoms with Crippen molar-refractivity contribution in [1.82, 2.24) is 20.6 Å². The average Bonchev–Trinajstić information content (AvgIpc) is 2.87. The maximum Gasteiger partial charge on any atom is 0.0541 e. The van der Waals surface area contributed by atoms with Crippen LogP contribution in [0.2, 0.25) is 0 Å². The molecule has 5 heteroatoms. The Hall–Kier alpha value is -2.76. The summed E-state index contributed by atoms with van der Waals surface area (Å²) in [5.41, 5.74) is 6.17. The van der Waals surface area contributed by atoms with Gasteiger partial charge < -0.3 is 15.5 Å². The van der Waals surface area contributed by atoms with Gasteiger partial charge in [0.05, 0.1) is 5.69 Å². The summed E-state index contributed by atoms with van der Waals surface area (Å²) in [6, 6.07) is 21.6. The molecule has 0 amide bonds. The van der Waals surface area contributed by atoms with Crippen molar-refractivity contribution in [2.45, 2.75) is 58.0 Å². The molecule has 1 aliphatic rings. The van der Waals surface area contributed by atoms with Crippen molar-refractivity contribution < 1.29 is 0 Å². The zero-order valence-corrected chi connectivity index (χ0v) is 20.4. The van der Waals surface area contributed by atoms with Crippen molar-refractivity contribution in [3.63, 3.8) is 0 Å². The van der Waals surface area contributed by atoms with Crippen LogP contribution in [0.15, 0.2) is 66.9 Å². The van der Waals surface area contributed by atoms with Gasteiger partial charge in [-0.1, -0.05) is 37.1 Å². The maximum absolute atomic E-state index is 4.92. The highest BCUT2D eigenvalue weighted by Gasteiger charge is 2.08. The first-order valence-corrected chi connectivity index (χ1v) is 13.0. The van der Waals surface area contributed by atoms with Crippen molar-refractivity contribution >= 4 is 5.69 Å². The third-order valence-electron chi connectivity index (χ3n) is 6.48. The van der Waals surface area contributed by atoms with E-state index in [9.17, 15) is 0 Å². The minimum atomic E-state index is 0.787. The van der Waals surface area contributed by atoms with E-state index in [1.165, 1.54) is 48.3 Å². The third-order valence-corrected chi connectivity index (χ3v) is 6.48. The van der Waals surface area contributed by atoms with E-state index in [0.29, 0.717) is 0 Å². The first kappa shape index (κ1) is 24.4. The number of anilines is 1. The highest BCUT2D eigenvalue weighted by atomic mass is 15.1. The molecule has 180 valence electrons. The van der Waals surface area contributed by atoms with Gasteiger partial charge in [-0.3, -0.25) is 9.97 Å². The van der Waals surface area contributed by atoms with Crippen LogP contribution in [0.25, 0.3) is 0 Å². The number of fused-ring (bicyclic) bond motifs is 2. The van der Waals surface area contributed by atoms with Crippen LogP contribution < -0.4 is 15.5 Å². The summed E-state index contributed by atoms with van der Waals surface area (Å²) in [5.74, 6) is 0. The first-order chi connectivity index (χ1) is 16.9. The van der Waals surface area contributed by atoms with E-state index in [0.717, 1.165) is 64.2 Å². The minimum Gasteiger partial charge on any atom is -0.370 e. The van der Waals surface area contributed by atoms with Crippen LogP contribution in [0.1, 0.15) is 54.7 Å². The van der Waals surface area contributed by atoms with Crippen LogP contribution in [0.5, 0.6) is 0 Å². The molecule has 5 nitrogen and oxygen atoms in total. The predicted molar refractivity (Wildman–Crippen MR) is 141 cm³/mol. The van der Waals surface area contributed by atoms with Crippen LogP contribution >= 0.6 is 0 Å². The molecule has 3 heterocycles. The highest BCUT2D eigenvalue weighted by Crippen LogP contribution is 2.17. The molecule has 1 aromatic carbocycles. The van der Waals surface area contributed by atoms with E-state index in [2.05, 4.69) is 69.0 Å². The molecule has 0 unspecified atom stereocenters. The predicted octanol–water partition coefficient (Wildman–Crippen LogP) is 4.91. The molecule has 0 atom stereocenters. The molecular weight excluding hydrogens is 418 g/mol. The summed E-state index contributed by atoms with van der Waals surface area (Å²) in [6.07, 6.45) is 10.2. The molecule has 0 radical (unpaired) electrons. The van der Waals surface area contributed by atoms with E-state index in [-0.39, 0.29) is 0 Å². The number of rotatable bonds is 5.